The van der Waals surface area contributed by atoms with Gasteiger partial charge in [0.1, 0.15) is 29.8 Å². The molecule has 0 bridgehead atoms. The predicted molar refractivity (Wildman–Crippen MR) is 123 cm³/mol. The first-order chi connectivity index (χ1) is 16.2. The SMILES string of the molecule is CN(C)C1=N[C@@H]2[C@@H](OCc3ccccc3)[C@@H](OCc3ccccc3)[C@@H]([C@@H](O)C(F)(F)F)O[C@@H]2S1. The van der Waals surface area contributed by atoms with Crippen LogP contribution < -0.4 is 0 Å². The van der Waals surface area contributed by atoms with E-state index in [4.69, 9.17) is 14.2 Å². The molecule has 2 aromatic carbocycles. The Hall–Kier alpha value is -2.11. The van der Waals surface area contributed by atoms with Gasteiger partial charge in [-0.1, -0.05) is 72.4 Å². The van der Waals surface area contributed by atoms with Crippen molar-refractivity contribution in [1.82, 2.24) is 4.90 Å². The van der Waals surface area contributed by atoms with Crippen LogP contribution in [0.1, 0.15) is 11.1 Å². The molecule has 0 unspecified atom stereocenters. The topological polar surface area (TPSA) is 63.5 Å². The van der Waals surface area contributed by atoms with Crippen LogP contribution in [0, 0.1) is 0 Å². The van der Waals surface area contributed by atoms with E-state index in [1.54, 1.807) is 19.0 Å². The summed E-state index contributed by atoms with van der Waals surface area (Å²) in [6, 6.07) is 17.8. The minimum absolute atomic E-state index is 0.0376. The lowest BCUT2D eigenvalue weighted by molar-refractivity contribution is -0.283. The fraction of sp³-hybridized carbons (Fsp3) is 0.458. The highest BCUT2D eigenvalue weighted by atomic mass is 32.2. The normalized spacial score (nSPS) is 27.7. The Balaban J connectivity index is 1.65. The number of rotatable bonds is 7. The zero-order valence-electron chi connectivity index (χ0n) is 18.8. The number of fused-ring (bicyclic) bond motifs is 1. The van der Waals surface area contributed by atoms with E-state index in [2.05, 4.69) is 4.99 Å². The van der Waals surface area contributed by atoms with Gasteiger partial charge in [-0.2, -0.15) is 13.2 Å². The van der Waals surface area contributed by atoms with Gasteiger partial charge in [0.05, 0.1) is 13.2 Å². The number of aliphatic hydroxyl groups is 1. The lowest BCUT2D eigenvalue weighted by Gasteiger charge is -2.44. The van der Waals surface area contributed by atoms with Crippen LogP contribution in [0.25, 0.3) is 0 Å². The van der Waals surface area contributed by atoms with Gasteiger partial charge >= 0.3 is 6.18 Å². The monoisotopic (exact) mass is 496 g/mol. The van der Waals surface area contributed by atoms with E-state index in [9.17, 15) is 18.3 Å². The molecule has 4 rings (SSSR count). The highest BCUT2D eigenvalue weighted by Crippen LogP contribution is 2.42. The van der Waals surface area contributed by atoms with Gasteiger partial charge in [-0.25, -0.2) is 0 Å². The summed E-state index contributed by atoms with van der Waals surface area (Å²) < 4.78 is 58.9. The lowest BCUT2D eigenvalue weighted by Crippen LogP contribution is -2.62. The molecule has 34 heavy (non-hydrogen) atoms. The second kappa shape index (κ2) is 10.7. The third-order valence-electron chi connectivity index (χ3n) is 5.64. The van der Waals surface area contributed by atoms with Crippen molar-refractivity contribution < 1.29 is 32.5 Å². The zero-order valence-corrected chi connectivity index (χ0v) is 19.6. The molecule has 184 valence electrons. The molecule has 1 saturated heterocycles. The van der Waals surface area contributed by atoms with Crippen molar-refractivity contribution in [3.8, 4) is 0 Å². The molecule has 0 radical (unpaired) electrons. The van der Waals surface area contributed by atoms with Crippen molar-refractivity contribution in [3.63, 3.8) is 0 Å². The Labute approximate surface area is 200 Å². The molecule has 6 nitrogen and oxygen atoms in total. The number of hydrogen-bond acceptors (Lipinski definition) is 7. The Kier molecular flexibility index (Phi) is 7.83. The van der Waals surface area contributed by atoms with Crippen LogP contribution in [0.5, 0.6) is 0 Å². The van der Waals surface area contributed by atoms with Crippen LogP contribution >= 0.6 is 11.8 Å². The Bertz CT molecular complexity index is 962. The number of amidine groups is 1. The molecule has 1 N–H and O–H groups in total. The lowest BCUT2D eigenvalue weighted by atomic mass is 9.93. The number of aliphatic imine (C=N–C) groups is 1. The van der Waals surface area contributed by atoms with Crippen LogP contribution in [-0.2, 0) is 27.4 Å². The molecule has 0 amide bonds. The van der Waals surface area contributed by atoms with E-state index in [0.717, 1.165) is 11.1 Å². The molecule has 2 aliphatic rings. The maximum atomic E-state index is 13.6. The highest BCUT2D eigenvalue weighted by molar-refractivity contribution is 8.14. The van der Waals surface area contributed by atoms with Gasteiger partial charge in [-0.05, 0) is 11.1 Å². The summed E-state index contributed by atoms with van der Waals surface area (Å²) in [6.45, 7) is 0.197. The number of hydrogen-bond donors (Lipinski definition) is 1. The van der Waals surface area contributed by atoms with Gasteiger partial charge in [-0.15, -0.1) is 0 Å². The Morgan fingerprint density at radius 2 is 1.50 bits per heavy atom. The van der Waals surface area contributed by atoms with Gasteiger partial charge < -0.3 is 24.2 Å². The zero-order chi connectivity index (χ0) is 24.3. The average molecular weight is 497 g/mol. The summed E-state index contributed by atoms with van der Waals surface area (Å²) in [4.78, 5) is 6.45. The number of ether oxygens (including phenoxy) is 3. The van der Waals surface area contributed by atoms with Crippen molar-refractivity contribution in [2.75, 3.05) is 14.1 Å². The summed E-state index contributed by atoms with van der Waals surface area (Å²) in [5.74, 6) is 0. The first-order valence-electron chi connectivity index (χ1n) is 10.9. The summed E-state index contributed by atoms with van der Waals surface area (Å²) in [6.07, 6.45) is -11.4. The van der Waals surface area contributed by atoms with Crippen molar-refractivity contribution in [3.05, 3.63) is 71.8 Å². The molecular weight excluding hydrogens is 469 g/mol. The molecule has 2 aromatic rings. The van der Waals surface area contributed by atoms with E-state index in [-0.39, 0.29) is 13.2 Å². The van der Waals surface area contributed by atoms with E-state index >= 15 is 0 Å². The fourth-order valence-electron chi connectivity index (χ4n) is 3.92. The van der Waals surface area contributed by atoms with Crippen molar-refractivity contribution in [1.29, 1.82) is 0 Å². The van der Waals surface area contributed by atoms with Crippen LogP contribution in [-0.4, -0.2) is 71.3 Å². The summed E-state index contributed by atoms with van der Waals surface area (Å²) in [5.41, 5.74) is 0.907. The second-order valence-electron chi connectivity index (χ2n) is 8.39. The molecule has 1 fully saturated rings. The predicted octanol–water partition coefficient (Wildman–Crippen LogP) is 3.84. The molecular formula is C24H27F3N2O4S. The molecule has 10 heteroatoms. The number of aliphatic hydroxyl groups excluding tert-OH is 1. The average Bonchev–Trinajstić information content (AvgIpc) is 3.26. The van der Waals surface area contributed by atoms with Crippen molar-refractivity contribution in [2.24, 2.45) is 4.99 Å². The molecule has 6 atom stereocenters. The Morgan fingerprint density at radius 3 is 2.00 bits per heavy atom. The van der Waals surface area contributed by atoms with Gasteiger partial charge in [0, 0.05) is 14.1 Å². The number of alkyl halides is 3. The standard InChI is InChI=1S/C24H27F3N2O4S/c1-29(2)23-28-17-18(31-13-15-9-5-3-6-10-15)19(32-14-16-11-7-4-8-12-16)20(33-22(17)34-23)21(30)24(25,26)27/h3-12,17-22,30H,13-14H2,1-2H3/t17-,18-,19-,20+,21-,22-/m1/s1. The molecule has 0 saturated carbocycles. The molecule has 0 aromatic heterocycles. The van der Waals surface area contributed by atoms with Gasteiger partial charge in [-0.3, -0.25) is 4.99 Å². The fourth-order valence-corrected chi connectivity index (χ4v) is 5.06. The third kappa shape index (κ3) is 5.75. The van der Waals surface area contributed by atoms with Crippen LogP contribution in [0.3, 0.4) is 0 Å². The van der Waals surface area contributed by atoms with Crippen molar-refractivity contribution >= 4 is 16.9 Å². The summed E-state index contributed by atoms with van der Waals surface area (Å²) in [7, 11) is 3.60. The van der Waals surface area contributed by atoms with Crippen LogP contribution in [0.4, 0.5) is 13.2 Å². The first-order valence-corrected chi connectivity index (χ1v) is 11.7. The van der Waals surface area contributed by atoms with E-state index in [1.165, 1.54) is 11.8 Å². The maximum Gasteiger partial charge on any atom is 0.417 e. The second-order valence-corrected chi connectivity index (χ2v) is 9.46. The van der Waals surface area contributed by atoms with E-state index < -0.39 is 42.1 Å². The quantitative estimate of drug-likeness (QED) is 0.629. The number of halogens is 3. The van der Waals surface area contributed by atoms with E-state index in [1.807, 2.05) is 60.7 Å². The molecule has 0 spiro atoms. The number of benzene rings is 2. The minimum Gasteiger partial charge on any atom is -0.381 e. The Morgan fingerprint density at radius 1 is 0.971 bits per heavy atom. The number of thioether (sulfide) groups is 1. The van der Waals surface area contributed by atoms with Gasteiger partial charge in [0.25, 0.3) is 0 Å². The highest BCUT2D eigenvalue weighted by Gasteiger charge is 2.57. The summed E-state index contributed by atoms with van der Waals surface area (Å²) in [5, 5.41) is 10.9. The minimum atomic E-state index is -4.88. The smallest absolute Gasteiger partial charge is 0.381 e. The number of nitrogens with zero attached hydrogens (tertiary/aromatic N) is 2. The van der Waals surface area contributed by atoms with E-state index in [0.29, 0.717) is 5.17 Å². The maximum absolute atomic E-state index is 13.6. The third-order valence-corrected chi connectivity index (χ3v) is 6.94. The van der Waals surface area contributed by atoms with Crippen molar-refractivity contribution in [2.45, 2.75) is 55.3 Å². The van der Waals surface area contributed by atoms with Crippen LogP contribution in [0.15, 0.2) is 65.7 Å². The molecule has 0 aliphatic carbocycles. The molecule has 2 aliphatic heterocycles. The van der Waals surface area contributed by atoms with Gasteiger partial charge in [0.2, 0.25) is 0 Å². The van der Waals surface area contributed by atoms with Gasteiger partial charge in [0.15, 0.2) is 11.3 Å². The first kappa shape index (κ1) is 25.0. The molecule has 2 heterocycles. The largest absolute Gasteiger partial charge is 0.417 e. The summed E-state index contributed by atoms with van der Waals surface area (Å²) >= 11 is 1.22. The van der Waals surface area contributed by atoms with Crippen LogP contribution in [0.2, 0.25) is 0 Å².